The molecule has 6 rings (SSSR count). The van der Waals surface area contributed by atoms with Crippen molar-refractivity contribution in [2.24, 2.45) is 11.8 Å². The van der Waals surface area contributed by atoms with Gasteiger partial charge in [-0.15, -0.1) is 0 Å². The Morgan fingerprint density at radius 1 is 0.966 bits per heavy atom. The summed E-state index contributed by atoms with van der Waals surface area (Å²) >= 11 is 0. The number of benzene rings is 1. The highest BCUT2D eigenvalue weighted by atomic mass is 16.2. The van der Waals surface area contributed by atoms with Crippen LogP contribution in [0.25, 0.3) is 0 Å². The highest BCUT2D eigenvalue weighted by Crippen LogP contribution is 2.45. The van der Waals surface area contributed by atoms with Crippen LogP contribution in [0.15, 0.2) is 18.2 Å². The maximum absolute atomic E-state index is 13.7. The van der Waals surface area contributed by atoms with Gasteiger partial charge in [-0.25, -0.2) is 0 Å². The van der Waals surface area contributed by atoms with Crippen molar-refractivity contribution in [3.05, 3.63) is 29.3 Å². The molecule has 6 nitrogen and oxygen atoms in total. The van der Waals surface area contributed by atoms with Crippen molar-refractivity contribution >= 4 is 17.5 Å². The fourth-order valence-corrected chi connectivity index (χ4v) is 7.18. The summed E-state index contributed by atoms with van der Waals surface area (Å²) in [6.45, 7) is 3.83. The van der Waals surface area contributed by atoms with Gasteiger partial charge in [0.25, 0.3) is 5.91 Å². The molecule has 0 radical (unpaired) electrons. The van der Waals surface area contributed by atoms with Crippen molar-refractivity contribution in [1.29, 1.82) is 0 Å². The zero-order valence-electron chi connectivity index (χ0n) is 16.9. The Morgan fingerprint density at radius 3 is 2.62 bits per heavy atom. The number of carbonyl (C=O) groups is 2. The van der Waals surface area contributed by atoms with E-state index in [4.69, 9.17) is 5.73 Å². The van der Waals surface area contributed by atoms with Crippen LogP contribution < -0.4 is 5.73 Å². The van der Waals surface area contributed by atoms with Crippen LogP contribution in [0.3, 0.4) is 0 Å². The van der Waals surface area contributed by atoms with Gasteiger partial charge in [0.2, 0.25) is 5.91 Å². The monoisotopic (exact) mass is 394 g/mol. The van der Waals surface area contributed by atoms with Crippen LogP contribution in [0.5, 0.6) is 0 Å². The molecule has 4 fully saturated rings. The van der Waals surface area contributed by atoms with Gasteiger partial charge in [-0.3, -0.25) is 14.5 Å². The van der Waals surface area contributed by atoms with Crippen LogP contribution in [0, 0.1) is 11.8 Å². The summed E-state index contributed by atoms with van der Waals surface area (Å²) in [6.07, 6.45) is 6.81. The normalized spacial score (nSPS) is 36.6. The molecule has 1 unspecified atom stereocenters. The van der Waals surface area contributed by atoms with Gasteiger partial charge in [0.1, 0.15) is 6.04 Å². The third kappa shape index (κ3) is 2.51. The van der Waals surface area contributed by atoms with Crippen LogP contribution in [0.2, 0.25) is 0 Å². The fourth-order valence-electron chi connectivity index (χ4n) is 7.18. The second-order valence-corrected chi connectivity index (χ2v) is 9.69. The minimum Gasteiger partial charge on any atom is -0.398 e. The number of nitrogens with two attached hydrogens (primary N) is 1. The summed E-state index contributed by atoms with van der Waals surface area (Å²) in [7, 11) is 0. The molecule has 1 aromatic rings. The molecule has 0 saturated carbocycles. The molecule has 154 valence electrons. The van der Waals surface area contributed by atoms with E-state index in [1.54, 1.807) is 4.90 Å². The van der Waals surface area contributed by atoms with E-state index in [1.807, 2.05) is 18.2 Å². The van der Waals surface area contributed by atoms with E-state index in [1.165, 1.54) is 38.8 Å². The highest BCUT2D eigenvalue weighted by Gasteiger charge is 2.53. The second kappa shape index (κ2) is 6.46. The molecule has 0 aliphatic carbocycles. The molecule has 0 bridgehead atoms. The summed E-state index contributed by atoms with van der Waals surface area (Å²) in [5, 5.41) is 0. The van der Waals surface area contributed by atoms with Crippen molar-refractivity contribution in [3.8, 4) is 0 Å². The first-order chi connectivity index (χ1) is 14.1. The van der Waals surface area contributed by atoms with Crippen LogP contribution in [-0.2, 0) is 11.3 Å². The molecule has 5 heterocycles. The van der Waals surface area contributed by atoms with Gasteiger partial charge in [-0.2, -0.15) is 0 Å². The van der Waals surface area contributed by atoms with E-state index in [-0.39, 0.29) is 17.9 Å². The zero-order chi connectivity index (χ0) is 19.7. The molecule has 2 N–H and O–H groups in total. The molecular weight excluding hydrogens is 364 g/mol. The van der Waals surface area contributed by atoms with Crippen LogP contribution >= 0.6 is 0 Å². The average molecular weight is 395 g/mol. The standard InChI is InChI=1S/C23H30N4O2/c24-18-7-1-5-15-17(18)13-27(22(15)28)20-9-8-19-16-6-3-11-25-10-2-4-14(21(16)25)12-26(19)23(20)29/h1,5,7,14,16,19-21H,2-4,6,8-13,24H2/t14-,16-,19-,20?,21+/m1/s1. The quantitative estimate of drug-likeness (QED) is 0.741. The van der Waals surface area contributed by atoms with E-state index in [0.29, 0.717) is 41.7 Å². The van der Waals surface area contributed by atoms with Gasteiger partial charge in [0.15, 0.2) is 0 Å². The minimum absolute atomic E-state index is 0.0273. The number of carbonyl (C=O) groups excluding carboxylic acids is 2. The third-order valence-corrected chi connectivity index (χ3v) is 8.38. The molecule has 5 atom stereocenters. The van der Waals surface area contributed by atoms with Gasteiger partial charge in [0.05, 0.1) is 0 Å². The second-order valence-electron chi connectivity index (χ2n) is 9.69. The molecule has 29 heavy (non-hydrogen) atoms. The maximum atomic E-state index is 13.7. The number of fused-ring (bicyclic) bond motifs is 3. The van der Waals surface area contributed by atoms with Crippen molar-refractivity contribution in [1.82, 2.24) is 14.7 Å². The summed E-state index contributed by atoms with van der Waals surface area (Å²) in [5.41, 5.74) is 8.34. The number of nitrogen functional groups attached to an aromatic ring is 1. The van der Waals surface area contributed by atoms with Gasteiger partial charge in [-0.1, -0.05) is 6.07 Å². The number of hydrogen-bond acceptors (Lipinski definition) is 4. The van der Waals surface area contributed by atoms with Crippen molar-refractivity contribution < 1.29 is 9.59 Å². The lowest BCUT2D eigenvalue weighted by Crippen LogP contribution is -2.69. The first-order valence-corrected chi connectivity index (χ1v) is 11.4. The van der Waals surface area contributed by atoms with Gasteiger partial charge in [0, 0.05) is 42.0 Å². The average Bonchev–Trinajstić information content (AvgIpc) is 3.07. The topological polar surface area (TPSA) is 69.9 Å². The number of piperidine rings is 4. The molecular formula is C23H30N4O2. The Bertz CT molecular complexity index is 868. The zero-order valence-corrected chi connectivity index (χ0v) is 16.9. The molecule has 0 aromatic heterocycles. The van der Waals surface area contributed by atoms with Crippen LogP contribution in [0.1, 0.15) is 54.4 Å². The summed E-state index contributed by atoms with van der Waals surface area (Å²) in [5.74, 6) is 1.38. The first-order valence-electron chi connectivity index (χ1n) is 11.4. The van der Waals surface area contributed by atoms with Crippen LogP contribution in [0.4, 0.5) is 5.69 Å². The molecule has 4 saturated heterocycles. The molecule has 5 aliphatic heterocycles. The number of nitrogens with zero attached hydrogens (tertiary/aromatic N) is 3. The van der Waals surface area contributed by atoms with E-state index >= 15 is 0 Å². The third-order valence-electron chi connectivity index (χ3n) is 8.38. The molecule has 5 aliphatic rings. The first kappa shape index (κ1) is 17.8. The summed E-state index contributed by atoms with van der Waals surface area (Å²) in [6, 6.07) is 6.24. The van der Waals surface area contributed by atoms with E-state index < -0.39 is 0 Å². The van der Waals surface area contributed by atoms with Crippen molar-refractivity contribution in [2.45, 2.75) is 63.2 Å². The smallest absolute Gasteiger partial charge is 0.255 e. The van der Waals surface area contributed by atoms with Crippen LogP contribution in [-0.4, -0.2) is 64.3 Å². The number of amides is 2. The van der Waals surface area contributed by atoms with Crippen molar-refractivity contribution in [3.63, 3.8) is 0 Å². The number of rotatable bonds is 1. The lowest BCUT2D eigenvalue weighted by molar-refractivity contribution is -0.157. The molecule has 2 amide bonds. The Balaban J connectivity index is 1.27. The number of hydrogen-bond donors (Lipinski definition) is 1. The fraction of sp³-hybridized carbons (Fsp3) is 0.652. The van der Waals surface area contributed by atoms with Gasteiger partial charge < -0.3 is 15.5 Å². The van der Waals surface area contributed by atoms with E-state index in [0.717, 1.165) is 24.9 Å². The lowest BCUT2D eigenvalue weighted by Gasteiger charge is -2.59. The predicted molar refractivity (Wildman–Crippen MR) is 110 cm³/mol. The minimum atomic E-state index is -0.328. The Hall–Kier alpha value is -2.08. The Kier molecular flexibility index (Phi) is 3.95. The number of anilines is 1. The Morgan fingerprint density at radius 2 is 1.79 bits per heavy atom. The van der Waals surface area contributed by atoms with E-state index in [2.05, 4.69) is 9.80 Å². The largest absolute Gasteiger partial charge is 0.398 e. The van der Waals surface area contributed by atoms with Crippen molar-refractivity contribution in [2.75, 3.05) is 25.4 Å². The van der Waals surface area contributed by atoms with Gasteiger partial charge in [-0.05, 0) is 75.6 Å². The molecule has 6 heteroatoms. The SMILES string of the molecule is Nc1cccc2c1CN(C1CC[C@@H]3[C@H]4CCCN5CCC[C@H](CN3C1=O)[C@@H]45)C2=O. The van der Waals surface area contributed by atoms with Gasteiger partial charge >= 0.3 is 0 Å². The molecule has 0 spiro atoms. The maximum Gasteiger partial charge on any atom is 0.255 e. The Labute approximate surface area is 172 Å². The molecule has 1 aromatic carbocycles. The summed E-state index contributed by atoms with van der Waals surface area (Å²) < 4.78 is 0. The predicted octanol–water partition coefficient (Wildman–Crippen LogP) is 2.09. The van der Waals surface area contributed by atoms with E-state index in [9.17, 15) is 9.59 Å². The lowest BCUT2D eigenvalue weighted by atomic mass is 9.67. The summed E-state index contributed by atoms with van der Waals surface area (Å²) in [4.78, 5) is 33.4. The highest BCUT2D eigenvalue weighted by molar-refractivity contribution is 6.02.